The first-order valence-electron chi connectivity index (χ1n) is 10.9. The lowest BCUT2D eigenvalue weighted by Gasteiger charge is -2.59. The van der Waals surface area contributed by atoms with Crippen molar-refractivity contribution in [1.82, 2.24) is 9.55 Å². The molecule has 154 valence electrons. The van der Waals surface area contributed by atoms with Gasteiger partial charge in [0.1, 0.15) is 0 Å². The van der Waals surface area contributed by atoms with Crippen LogP contribution in [0.25, 0.3) is 11.3 Å². The van der Waals surface area contributed by atoms with Gasteiger partial charge in [-0.2, -0.15) is 8.42 Å². The first-order valence-corrected chi connectivity index (χ1v) is 12.7. The zero-order valence-electron chi connectivity index (χ0n) is 16.8. The molecule has 0 N–H and O–H groups in total. The molecule has 29 heavy (non-hydrogen) atoms. The summed E-state index contributed by atoms with van der Waals surface area (Å²) in [5, 5.41) is 0. The van der Waals surface area contributed by atoms with Crippen LogP contribution in [-0.4, -0.2) is 30.3 Å². The van der Waals surface area contributed by atoms with Gasteiger partial charge >= 0.3 is 0 Å². The highest BCUT2D eigenvalue weighted by Gasteiger charge is 2.56. The van der Waals surface area contributed by atoms with Gasteiger partial charge in [0.05, 0.1) is 36.6 Å². The van der Waals surface area contributed by atoms with Crippen molar-refractivity contribution >= 4 is 10.1 Å². The van der Waals surface area contributed by atoms with Gasteiger partial charge < -0.3 is 4.57 Å². The zero-order chi connectivity index (χ0) is 19.8. The number of rotatable bonds is 5. The molecule has 4 bridgehead atoms. The van der Waals surface area contributed by atoms with E-state index in [2.05, 4.69) is 33.8 Å². The van der Waals surface area contributed by atoms with E-state index in [9.17, 15) is 8.42 Å². The van der Waals surface area contributed by atoms with Crippen molar-refractivity contribution in [3.8, 4) is 11.3 Å². The molecule has 2 unspecified atom stereocenters. The van der Waals surface area contributed by atoms with E-state index in [0.717, 1.165) is 42.7 Å². The average molecular weight is 413 g/mol. The molecule has 2 aromatic rings. The molecule has 2 heterocycles. The van der Waals surface area contributed by atoms with Crippen LogP contribution in [0.1, 0.15) is 56.6 Å². The van der Waals surface area contributed by atoms with Gasteiger partial charge in [0, 0.05) is 12.0 Å². The zero-order valence-corrected chi connectivity index (χ0v) is 17.6. The van der Waals surface area contributed by atoms with Crippen molar-refractivity contribution in [2.75, 3.05) is 6.26 Å². The molecular weight excluding hydrogens is 384 g/mol. The molecule has 6 heteroatoms. The lowest BCUT2D eigenvalue weighted by Crippen LogP contribution is -2.53. The quantitative estimate of drug-likeness (QED) is 0.683. The molecule has 0 spiro atoms. The van der Waals surface area contributed by atoms with E-state index in [4.69, 9.17) is 4.18 Å². The van der Waals surface area contributed by atoms with E-state index < -0.39 is 10.1 Å². The van der Waals surface area contributed by atoms with E-state index in [0.29, 0.717) is 6.42 Å². The summed E-state index contributed by atoms with van der Waals surface area (Å²) in [6, 6.07) is 8.53. The summed E-state index contributed by atoms with van der Waals surface area (Å²) in [6.07, 6.45) is 12.8. The molecule has 7 rings (SSSR count). The van der Waals surface area contributed by atoms with E-state index in [1.54, 1.807) is 0 Å². The second-order valence-electron chi connectivity index (χ2n) is 10.1. The number of imidazole rings is 1. The minimum atomic E-state index is -3.52. The van der Waals surface area contributed by atoms with Crippen LogP contribution < -0.4 is 0 Å². The smallest absolute Gasteiger partial charge is 0.264 e. The predicted molar refractivity (Wildman–Crippen MR) is 111 cm³/mol. The summed E-state index contributed by atoms with van der Waals surface area (Å²) >= 11 is 0. The van der Waals surface area contributed by atoms with Gasteiger partial charge in [-0.25, -0.2) is 4.98 Å². The van der Waals surface area contributed by atoms with Crippen LogP contribution in [0, 0.1) is 23.2 Å². The standard InChI is InChI=1S/C23H28N2O3S/c1-29(26,27)28-22(23-10-15-6-16(11-23)8-17(7-15)12-23)9-20-18-4-2-3-5-19(18)21-13-24-14-25(20)21/h2-5,13-17,20,22H,6-12H2,1H3. The average Bonchev–Trinajstić information content (AvgIpc) is 3.22. The molecule has 5 nitrogen and oxygen atoms in total. The molecule has 0 radical (unpaired) electrons. The molecule has 0 amide bonds. The molecular formula is C23H28N2O3S. The number of hydrogen-bond donors (Lipinski definition) is 0. The number of aromatic nitrogens is 2. The van der Waals surface area contributed by atoms with Gasteiger partial charge in [-0.3, -0.25) is 4.18 Å². The van der Waals surface area contributed by atoms with Gasteiger partial charge in [0.25, 0.3) is 10.1 Å². The highest BCUT2D eigenvalue weighted by Crippen LogP contribution is 2.63. The Balaban J connectivity index is 1.40. The SMILES string of the molecule is CS(=O)(=O)OC(CC1c2ccccc2-c2cncn21)C12CC3CC(CC(C3)C1)C2. The molecule has 4 aliphatic carbocycles. The summed E-state index contributed by atoms with van der Waals surface area (Å²) in [7, 11) is -3.52. The van der Waals surface area contributed by atoms with E-state index in [1.807, 2.05) is 12.5 Å². The normalized spacial score (nSPS) is 35.5. The molecule has 2 atom stereocenters. The third-order valence-electron chi connectivity index (χ3n) is 8.09. The maximum absolute atomic E-state index is 12.3. The van der Waals surface area contributed by atoms with Crippen LogP contribution in [0.3, 0.4) is 0 Å². The Morgan fingerprint density at radius 2 is 1.79 bits per heavy atom. The number of benzene rings is 1. The van der Waals surface area contributed by atoms with Crippen LogP contribution in [0.4, 0.5) is 0 Å². The fourth-order valence-electron chi connectivity index (χ4n) is 7.55. The topological polar surface area (TPSA) is 61.2 Å². The first-order chi connectivity index (χ1) is 13.9. The van der Waals surface area contributed by atoms with E-state index in [1.165, 1.54) is 36.6 Å². The molecule has 5 aliphatic rings. The van der Waals surface area contributed by atoms with Gasteiger partial charge in [-0.05, 0) is 67.3 Å². The van der Waals surface area contributed by atoms with Crippen LogP contribution >= 0.6 is 0 Å². The monoisotopic (exact) mass is 412 g/mol. The van der Waals surface area contributed by atoms with Gasteiger partial charge in [-0.1, -0.05) is 24.3 Å². The molecule has 1 aromatic carbocycles. The summed E-state index contributed by atoms with van der Waals surface area (Å²) < 4.78 is 32.8. The second kappa shape index (κ2) is 6.17. The number of nitrogens with zero attached hydrogens (tertiary/aromatic N) is 2. The Morgan fingerprint density at radius 1 is 1.14 bits per heavy atom. The van der Waals surface area contributed by atoms with Crippen molar-refractivity contribution in [3.05, 3.63) is 42.4 Å². The Morgan fingerprint density at radius 3 is 2.45 bits per heavy atom. The number of hydrogen-bond acceptors (Lipinski definition) is 4. The van der Waals surface area contributed by atoms with Crippen molar-refractivity contribution in [2.45, 2.75) is 57.1 Å². The molecule has 1 aromatic heterocycles. The summed E-state index contributed by atoms with van der Waals surface area (Å²) in [5.41, 5.74) is 3.60. The van der Waals surface area contributed by atoms with Crippen LogP contribution in [-0.2, 0) is 14.3 Å². The fourth-order valence-corrected chi connectivity index (χ4v) is 8.25. The Bertz CT molecular complexity index is 1020. The molecule has 4 fully saturated rings. The van der Waals surface area contributed by atoms with Crippen molar-refractivity contribution < 1.29 is 12.6 Å². The lowest BCUT2D eigenvalue weighted by atomic mass is 9.48. The van der Waals surface area contributed by atoms with Crippen LogP contribution in [0.15, 0.2) is 36.8 Å². The first kappa shape index (κ1) is 18.1. The lowest BCUT2D eigenvalue weighted by molar-refractivity contribution is -0.113. The molecule has 1 aliphatic heterocycles. The summed E-state index contributed by atoms with van der Waals surface area (Å²) in [4.78, 5) is 4.37. The molecule has 0 saturated heterocycles. The summed E-state index contributed by atoms with van der Waals surface area (Å²) in [5.74, 6) is 2.27. The Kier molecular flexibility index (Phi) is 3.86. The number of fused-ring (bicyclic) bond motifs is 3. The highest BCUT2D eigenvalue weighted by atomic mass is 32.2. The van der Waals surface area contributed by atoms with Gasteiger partial charge in [0.15, 0.2) is 0 Å². The third kappa shape index (κ3) is 2.90. The Labute approximate surface area is 172 Å². The van der Waals surface area contributed by atoms with Crippen molar-refractivity contribution in [2.24, 2.45) is 23.2 Å². The minimum Gasteiger partial charge on any atom is -0.323 e. The van der Waals surface area contributed by atoms with Crippen LogP contribution in [0.5, 0.6) is 0 Å². The molecule has 4 saturated carbocycles. The largest absolute Gasteiger partial charge is 0.323 e. The predicted octanol–water partition coefficient (Wildman–Crippen LogP) is 4.40. The maximum Gasteiger partial charge on any atom is 0.264 e. The third-order valence-corrected chi connectivity index (χ3v) is 8.68. The van der Waals surface area contributed by atoms with Gasteiger partial charge in [0.2, 0.25) is 0 Å². The maximum atomic E-state index is 12.3. The summed E-state index contributed by atoms with van der Waals surface area (Å²) in [6.45, 7) is 0. The highest BCUT2D eigenvalue weighted by molar-refractivity contribution is 7.86. The van der Waals surface area contributed by atoms with Crippen molar-refractivity contribution in [3.63, 3.8) is 0 Å². The van der Waals surface area contributed by atoms with Crippen molar-refractivity contribution in [1.29, 1.82) is 0 Å². The van der Waals surface area contributed by atoms with E-state index in [-0.39, 0.29) is 17.6 Å². The minimum absolute atomic E-state index is 0.0100. The Hall–Kier alpha value is -1.66. The second-order valence-corrected chi connectivity index (χ2v) is 11.7. The van der Waals surface area contributed by atoms with Crippen LogP contribution in [0.2, 0.25) is 0 Å². The van der Waals surface area contributed by atoms with Gasteiger partial charge in [-0.15, -0.1) is 0 Å². The van der Waals surface area contributed by atoms with E-state index >= 15 is 0 Å². The fraction of sp³-hybridized carbons (Fsp3) is 0.609.